The average Bonchev–Trinajstić information content (AvgIpc) is 3.48. The van der Waals surface area contributed by atoms with Gasteiger partial charge in [0.25, 0.3) is 11.8 Å². The molecule has 6 nitrogen and oxygen atoms in total. The summed E-state index contributed by atoms with van der Waals surface area (Å²) in [6.45, 7) is 8.27. The highest BCUT2D eigenvalue weighted by Crippen LogP contribution is 2.38. The second kappa shape index (κ2) is 7.43. The molecule has 2 amide bonds. The van der Waals surface area contributed by atoms with Gasteiger partial charge in [0.05, 0.1) is 18.8 Å². The van der Waals surface area contributed by atoms with E-state index < -0.39 is 0 Å². The second-order valence-corrected chi connectivity index (χ2v) is 7.72. The Kier molecular flexibility index (Phi) is 4.98. The number of aryl methyl sites for hydroxylation is 1. The fourth-order valence-electron chi connectivity index (χ4n) is 4.03. The largest absolute Gasteiger partial charge is 0.378 e. The van der Waals surface area contributed by atoms with Crippen LogP contribution in [0.2, 0.25) is 0 Å². The van der Waals surface area contributed by atoms with Crippen LogP contribution in [-0.4, -0.2) is 47.6 Å². The van der Waals surface area contributed by atoms with Gasteiger partial charge in [0.1, 0.15) is 0 Å². The number of hydrogen-bond donors (Lipinski definition) is 1. The third-order valence-electron chi connectivity index (χ3n) is 5.75. The summed E-state index contributed by atoms with van der Waals surface area (Å²) >= 11 is 0. The minimum absolute atomic E-state index is 0.0104. The minimum Gasteiger partial charge on any atom is -0.378 e. The monoisotopic (exact) mass is 381 g/mol. The van der Waals surface area contributed by atoms with Gasteiger partial charge in [-0.15, -0.1) is 0 Å². The number of carbonyl (C=O) groups excluding carboxylic acids is 2. The third-order valence-corrected chi connectivity index (χ3v) is 5.75. The van der Waals surface area contributed by atoms with Crippen molar-refractivity contribution in [3.05, 3.63) is 52.3 Å². The Hall–Kier alpha value is -2.60. The molecular formula is C22H27N3O3. The zero-order valence-corrected chi connectivity index (χ0v) is 16.7. The number of anilines is 1. The minimum atomic E-state index is -0.126. The fourth-order valence-corrected chi connectivity index (χ4v) is 4.03. The van der Waals surface area contributed by atoms with Crippen LogP contribution < -0.4 is 5.32 Å². The van der Waals surface area contributed by atoms with E-state index in [1.807, 2.05) is 38.1 Å². The van der Waals surface area contributed by atoms with Crippen LogP contribution in [0.3, 0.4) is 0 Å². The van der Waals surface area contributed by atoms with E-state index in [0.29, 0.717) is 49.2 Å². The molecule has 4 rings (SSSR count). The molecule has 1 aromatic heterocycles. The molecule has 2 aliphatic rings. The van der Waals surface area contributed by atoms with Crippen LogP contribution in [0.4, 0.5) is 5.69 Å². The SMILES string of the molecule is Cc1c(NC(=O)c2cc(C)n(C3CC3)c2C)cccc1C(=O)N1CCOCC1. The molecule has 2 fully saturated rings. The summed E-state index contributed by atoms with van der Waals surface area (Å²) in [4.78, 5) is 27.6. The Morgan fingerprint density at radius 1 is 1.07 bits per heavy atom. The number of morpholine rings is 1. The van der Waals surface area contributed by atoms with E-state index in [1.54, 1.807) is 4.90 Å². The van der Waals surface area contributed by atoms with Crippen molar-refractivity contribution in [3.63, 3.8) is 0 Å². The summed E-state index contributed by atoms with van der Waals surface area (Å²) in [6.07, 6.45) is 2.37. The quantitative estimate of drug-likeness (QED) is 0.882. The Labute approximate surface area is 165 Å². The summed E-state index contributed by atoms with van der Waals surface area (Å²) in [5.41, 5.74) is 4.94. The highest BCUT2D eigenvalue weighted by atomic mass is 16.5. The van der Waals surface area contributed by atoms with Gasteiger partial charge in [0.2, 0.25) is 0 Å². The molecule has 1 N–H and O–H groups in total. The summed E-state index contributed by atoms with van der Waals surface area (Å²) < 4.78 is 7.60. The molecule has 0 radical (unpaired) electrons. The molecular weight excluding hydrogens is 354 g/mol. The smallest absolute Gasteiger partial charge is 0.257 e. The van der Waals surface area contributed by atoms with Gasteiger partial charge >= 0.3 is 0 Å². The van der Waals surface area contributed by atoms with Crippen molar-refractivity contribution in [2.45, 2.75) is 39.7 Å². The standard InChI is InChI=1S/C22H27N3O3/c1-14-13-19(16(3)25(14)17-7-8-17)21(26)23-20-6-4-5-18(15(20)2)22(27)24-9-11-28-12-10-24/h4-6,13,17H,7-12H2,1-3H3,(H,23,26). The van der Waals surface area contributed by atoms with Gasteiger partial charge in [0, 0.05) is 41.8 Å². The van der Waals surface area contributed by atoms with Crippen LogP contribution in [0, 0.1) is 20.8 Å². The molecule has 0 bridgehead atoms. The molecule has 0 atom stereocenters. The van der Waals surface area contributed by atoms with E-state index in [9.17, 15) is 9.59 Å². The fraction of sp³-hybridized carbons (Fsp3) is 0.455. The highest BCUT2D eigenvalue weighted by Gasteiger charge is 2.28. The topological polar surface area (TPSA) is 63.6 Å². The zero-order chi connectivity index (χ0) is 19.8. The molecule has 1 aliphatic heterocycles. The van der Waals surface area contributed by atoms with Gasteiger partial charge in [-0.05, 0) is 57.4 Å². The van der Waals surface area contributed by atoms with E-state index in [0.717, 1.165) is 17.0 Å². The Balaban J connectivity index is 1.56. The molecule has 2 heterocycles. The number of ether oxygens (including phenoxy) is 1. The molecule has 1 saturated carbocycles. The maximum atomic E-state index is 12.9. The molecule has 1 saturated heterocycles. The molecule has 28 heavy (non-hydrogen) atoms. The third kappa shape index (κ3) is 3.44. The van der Waals surface area contributed by atoms with Crippen LogP contribution in [0.25, 0.3) is 0 Å². The highest BCUT2D eigenvalue weighted by molar-refractivity contribution is 6.07. The van der Waals surface area contributed by atoms with E-state index in [1.165, 1.54) is 12.8 Å². The van der Waals surface area contributed by atoms with Gasteiger partial charge in [-0.2, -0.15) is 0 Å². The molecule has 2 aromatic rings. The maximum absolute atomic E-state index is 12.9. The summed E-state index contributed by atoms with van der Waals surface area (Å²) in [6, 6.07) is 7.99. The first kappa shape index (κ1) is 18.7. The van der Waals surface area contributed by atoms with Crippen molar-refractivity contribution < 1.29 is 14.3 Å². The molecule has 1 aromatic carbocycles. The predicted octanol–water partition coefficient (Wildman–Crippen LogP) is 3.47. The maximum Gasteiger partial charge on any atom is 0.257 e. The lowest BCUT2D eigenvalue weighted by molar-refractivity contribution is 0.0302. The van der Waals surface area contributed by atoms with Gasteiger partial charge < -0.3 is 19.5 Å². The van der Waals surface area contributed by atoms with Gasteiger partial charge in [-0.1, -0.05) is 6.07 Å². The summed E-state index contributed by atoms with van der Waals surface area (Å²) in [5.74, 6) is -0.136. The first-order chi connectivity index (χ1) is 13.5. The Morgan fingerprint density at radius 2 is 1.79 bits per heavy atom. The molecule has 0 spiro atoms. The summed E-state index contributed by atoms with van der Waals surface area (Å²) in [5, 5.41) is 3.02. The van der Waals surface area contributed by atoms with Crippen molar-refractivity contribution in [1.29, 1.82) is 0 Å². The van der Waals surface area contributed by atoms with E-state index in [2.05, 4.69) is 16.8 Å². The number of hydrogen-bond acceptors (Lipinski definition) is 3. The van der Waals surface area contributed by atoms with Crippen molar-refractivity contribution >= 4 is 17.5 Å². The number of nitrogens with one attached hydrogen (secondary N) is 1. The molecule has 148 valence electrons. The zero-order valence-electron chi connectivity index (χ0n) is 16.7. The normalized spacial score (nSPS) is 16.9. The van der Waals surface area contributed by atoms with Crippen LogP contribution in [-0.2, 0) is 4.74 Å². The van der Waals surface area contributed by atoms with Gasteiger partial charge in [-0.3, -0.25) is 9.59 Å². The average molecular weight is 381 g/mol. The van der Waals surface area contributed by atoms with Crippen molar-refractivity contribution in [3.8, 4) is 0 Å². The number of amides is 2. The molecule has 1 aliphatic carbocycles. The van der Waals surface area contributed by atoms with E-state index in [4.69, 9.17) is 4.74 Å². The van der Waals surface area contributed by atoms with Gasteiger partial charge in [-0.25, -0.2) is 0 Å². The van der Waals surface area contributed by atoms with Crippen molar-refractivity contribution in [2.24, 2.45) is 0 Å². The first-order valence-electron chi connectivity index (χ1n) is 9.93. The van der Waals surface area contributed by atoms with Crippen LogP contribution in [0.5, 0.6) is 0 Å². The van der Waals surface area contributed by atoms with Gasteiger partial charge in [0.15, 0.2) is 0 Å². The number of rotatable bonds is 4. The van der Waals surface area contributed by atoms with Crippen LogP contribution in [0.15, 0.2) is 24.3 Å². The number of carbonyl (C=O) groups is 2. The number of aromatic nitrogens is 1. The summed E-state index contributed by atoms with van der Waals surface area (Å²) in [7, 11) is 0. The van der Waals surface area contributed by atoms with Crippen LogP contribution >= 0.6 is 0 Å². The van der Waals surface area contributed by atoms with E-state index >= 15 is 0 Å². The first-order valence-corrected chi connectivity index (χ1v) is 9.93. The Bertz CT molecular complexity index is 921. The van der Waals surface area contributed by atoms with E-state index in [-0.39, 0.29) is 11.8 Å². The van der Waals surface area contributed by atoms with Crippen molar-refractivity contribution in [1.82, 2.24) is 9.47 Å². The second-order valence-electron chi connectivity index (χ2n) is 7.72. The lowest BCUT2D eigenvalue weighted by Gasteiger charge is -2.27. The molecule has 0 unspecified atom stereocenters. The number of nitrogens with zero attached hydrogens (tertiary/aromatic N) is 2. The van der Waals surface area contributed by atoms with Crippen molar-refractivity contribution in [2.75, 3.05) is 31.6 Å². The lowest BCUT2D eigenvalue weighted by Crippen LogP contribution is -2.41. The number of benzene rings is 1. The van der Waals surface area contributed by atoms with Crippen LogP contribution in [0.1, 0.15) is 56.6 Å². The Morgan fingerprint density at radius 3 is 2.46 bits per heavy atom. The predicted molar refractivity (Wildman–Crippen MR) is 108 cm³/mol. The molecule has 6 heteroatoms. The lowest BCUT2D eigenvalue weighted by atomic mass is 10.0.